The van der Waals surface area contributed by atoms with Crippen molar-refractivity contribution in [3.8, 4) is 0 Å². The molecule has 1 heterocycles. The highest BCUT2D eigenvalue weighted by molar-refractivity contribution is 9.13. The van der Waals surface area contributed by atoms with Gasteiger partial charge in [-0.25, -0.2) is 0 Å². The largest absolute Gasteiger partial charge is 0.297 e. The van der Waals surface area contributed by atoms with Crippen molar-refractivity contribution >= 4 is 49.5 Å². The molecule has 0 radical (unpaired) electrons. The zero-order chi connectivity index (χ0) is 17.3. The van der Waals surface area contributed by atoms with Crippen molar-refractivity contribution in [1.29, 1.82) is 0 Å². The van der Waals surface area contributed by atoms with E-state index in [-0.39, 0.29) is 0 Å². The van der Waals surface area contributed by atoms with E-state index in [4.69, 9.17) is 0 Å². The molecule has 1 aromatic rings. The third kappa shape index (κ3) is 13.3. The molecule has 4 heteroatoms. The molecular weight excluding hydrogens is 436 g/mol. The molecule has 23 heavy (non-hydrogen) atoms. The maximum absolute atomic E-state index is 10.2. The van der Waals surface area contributed by atoms with Crippen LogP contribution in [0.4, 0.5) is 0 Å². The first-order valence-electron chi connectivity index (χ1n) is 9.05. The summed E-state index contributed by atoms with van der Waals surface area (Å²) in [5.74, 6) is 0. The van der Waals surface area contributed by atoms with Crippen LogP contribution in [0.3, 0.4) is 0 Å². The number of halogens is 2. The zero-order valence-corrected chi connectivity index (χ0v) is 18.7. The van der Waals surface area contributed by atoms with Gasteiger partial charge in [-0.15, -0.1) is 11.3 Å². The Morgan fingerprint density at radius 1 is 0.826 bits per heavy atom. The van der Waals surface area contributed by atoms with E-state index in [0.717, 1.165) is 20.1 Å². The quantitative estimate of drug-likeness (QED) is 0.221. The number of carbonyl (C=O) groups excluding carboxylic acids is 1. The second-order valence-electron chi connectivity index (χ2n) is 5.92. The van der Waals surface area contributed by atoms with Crippen LogP contribution in [0.1, 0.15) is 101 Å². The predicted octanol–water partition coefficient (Wildman–Crippen LogP) is 8.79. The summed E-state index contributed by atoms with van der Waals surface area (Å²) >= 11 is 7.92. The van der Waals surface area contributed by atoms with Crippen LogP contribution < -0.4 is 0 Å². The van der Waals surface area contributed by atoms with Gasteiger partial charge in [0.15, 0.2) is 6.29 Å². The van der Waals surface area contributed by atoms with Crippen molar-refractivity contribution in [3.63, 3.8) is 0 Å². The van der Waals surface area contributed by atoms with Crippen molar-refractivity contribution in [2.75, 3.05) is 0 Å². The van der Waals surface area contributed by atoms with Crippen molar-refractivity contribution < 1.29 is 4.79 Å². The molecule has 0 aliphatic rings. The van der Waals surface area contributed by atoms with Gasteiger partial charge in [0.25, 0.3) is 0 Å². The molecule has 0 aliphatic carbocycles. The smallest absolute Gasteiger partial charge is 0.161 e. The molecule has 0 N–H and O–H groups in total. The second kappa shape index (κ2) is 17.2. The van der Waals surface area contributed by atoms with Gasteiger partial charge in [0.2, 0.25) is 0 Å². The van der Waals surface area contributed by atoms with E-state index in [1.165, 1.54) is 88.4 Å². The molecule has 0 spiro atoms. The van der Waals surface area contributed by atoms with Crippen LogP contribution in [-0.4, -0.2) is 6.29 Å². The summed E-state index contributed by atoms with van der Waals surface area (Å²) in [7, 11) is 0. The van der Waals surface area contributed by atoms with E-state index >= 15 is 0 Å². The van der Waals surface area contributed by atoms with Gasteiger partial charge in [0, 0.05) is 9.85 Å². The minimum absolute atomic E-state index is 0.724. The lowest BCUT2D eigenvalue weighted by atomic mass is 10.1. The first-order valence-corrected chi connectivity index (χ1v) is 11.5. The highest BCUT2D eigenvalue weighted by atomic mass is 79.9. The molecular formula is C19H32Br2OS. The summed E-state index contributed by atoms with van der Waals surface area (Å²) < 4.78 is 1.79. The lowest BCUT2D eigenvalue weighted by molar-refractivity contribution is 0.112. The molecule has 0 aromatic carbocycles. The lowest BCUT2D eigenvalue weighted by Crippen LogP contribution is -1.81. The molecule has 1 nitrogen and oxygen atoms in total. The molecule has 0 unspecified atom stereocenters. The van der Waals surface area contributed by atoms with E-state index in [0.29, 0.717) is 0 Å². The molecule has 0 fully saturated rings. The molecule has 0 aliphatic heterocycles. The number of carbonyl (C=O) groups is 1. The summed E-state index contributed by atoms with van der Waals surface area (Å²) in [6.45, 7) is 4.57. The van der Waals surface area contributed by atoms with Gasteiger partial charge in [0.05, 0.1) is 9.35 Å². The Labute approximate surface area is 163 Å². The fourth-order valence-electron chi connectivity index (χ4n) is 2.33. The third-order valence-corrected chi connectivity index (χ3v) is 7.26. The van der Waals surface area contributed by atoms with E-state index in [9.17, 15) is 4.79 Å². The lowest BCUT2D eigenvalue weighted by Gasteiger charge is -2.01. The van der Waals surface area contributed by atoms with Gasteiger partial charge in [-0.05, 0) is 31.9 Å². The highest BCUT2D eigenvalue weighted by Gasteiger charge is 2.03. The van der Waals surface area contributed by atoms with Crippen LogP contribution in [0.25, 0.3) is 0 Å². The molecule has 0 amide bonds. The topological polar surface area (TPSA) is 17.1 Å². The van der Waals surface area contributed by atoms with Gasteiger partial charge in [0.1, 0.15) is 0 Å². The summed E-state index contributed by atoms with van der Waals surface area (Å²) in [6, 6.07) is 0. The number of hydrogen-bond donors (Lipinski definition) is 0. The molecule has 0 atom stereocenters. The first-order chi connectivity index (χ1) is 11.2. The van der Waals surface area contributed by atoms with Gasteiger partial charge in [-0.1, -0.05) is 90.9 Å². The Hall–Kier alpha value is 0.330. The number of thiophene rings is 1. The van der Waals surface area contributed by atoms with Crippen LogP contribution in [0, 0.1) is 0 Å². The average molecular weight is 468 g/mol. The molecule has 0 saturated carbocycles. The van der Waals surface area contributed by atoms with Crippen molar-refractivity contribution in [1.82, 2.24) is 0 Å². The molecule has 1 rings (SSSR count). The normalized spacial score (nSPS) is 10.3. The first kappa shape index (κ1) is 23.3. The molecule has 134 valence electrons. The van der Waals surface area contributed by atoms with Gasteiger partial charge in [-0.2, -0.15) is 0 Å². The minimum Gasteiger partial charge on any atom is -0.297 e. The van der Waals surface area contributed by atoms with Crippen molar-refractivity contribution in [3.05, 3.63) is 19.2 Å². The maximum atomic E-state index is 10.2. The van der Waals surface area contributed by atoms with E-state index in [1.807, 2.05) is 5.38 Å². The Kier molecular flexibility index (Phi) is 17.4. The standard InChI is InChI=1S/C14H30.C5H2Br2OS/c1-3-5-7-9-11-13-14-12-10-8-6-4-2;6-3-2-9-4(1-8)5(3)7/h3-14H2,1-2H3;1-2H. The monoisotopic (exact) mass is 466 g/mol. The van der Waals surface area contributed by atoms with Gasteiger partial charge >= 0.3 is 0 Å². The third-order valence-electron chi connectivity index (χ3n) is 3.78. The van der Waals surface area contributed by atoms with Crippen LogP contribution >= 0.6 is 43.2 Å². The Bertz CT molecular complexity index is 379. The van der Waals surface area contributed by atoms with Crippen molar-refractivity contribution in [2.45, 2.75) is 90.9 Å². The zero-order valence-electron chi connectivity index (χ0n) is 14.7. The summed E-state index contributed by atoms with van der Waals surface area (Å²) in [6.07, 6.45) is 18.3. The molecule has 0 bridgehead atoms. The minimum atomic E-state index is 0.724. The molecule has 0 saturated heterocycles. The van der Waals surface area contributed by atoms with E-state index < -0.39 is 0 Å². The van der Waals surface area contributed by atoms with Gasteiger partial charge in [-0.3, -0.25) is 4.79 Å². The van der Waals surface area contributed by atoms with Crippen LogP contribution in [0.5, 0.6) is 0 Å². The van der Waals surface area contributed by atoms with Crippen LogP contribution in [-0.2, 0) is 0 Å². The van der Waals surface area contributed by atoms with Gasteiger partial charge < -0.3 is 0 Å². The predicted molar refractivity (Wildman–Crippen MR) is 112 cm³/mol. The summed E-state index contributed by atoms with van der Waals surface area (Å²) in [5.41, 5.74) is 0. The summed E-state index contributed by atoms with van der Waals surface area (Å²) in [5, 5.41) is 1.87. The van der Waals surface area contributed by atoms with Crippen LogP contribution in [0.15, 0.2) is 14.3 Å². The van der Waals surface area contributed by atoms with Crippen LogP contribution in [0.2, 0.25) is 0 Å². The fourth-order valence-corrected chi connectivity index (χ4v) is 4.21. The average Bonchev–Trinajstić information content (AvgIpc) is 2.89. The Morgan fingerprint density at radius 2 is 1.22 bits per heavy atom. The molecule has 1 aromatic heterocycles. The SMILES string of the molecule is CCCCCCCCCCCCCC.O=Cc1scc(Br)c1Br. The number of aldehydes is 1. The van der Waals surface area contributed by atoms with E-state index in [1.54, 1.807) is 0 Å². The number of rotatable bonds is 12. The Balaban J connectivity index is 0.000000459. The number of hydrogen-bond acceptors (Lipinski definition) is 2. The second-order valence-corrected chi connectivity index (χ2v) is 8.47. The number of unbranched alkanes of at least 4 members (excludes halogenated alkanes) is 11. The summed E-state index contributed by atoms with van der Waals surface area (Å²) in [4.78, 5) is 10.9. The van der Waals surface area contributed by atoms with Crippen molar-refractivity contribution in [2.24, 2.45) is 0 Å². The maximum Gasteiger partial charge on any atom is 0.161 e. The Morgan fingerprint density at radius 3 is 1.43 bits per heavy atom. The van der Waals surface area contributed by atoms with E-state index in [2.05, 4.69) is 45.7 Å². The fraction of sp³-hybridized carbons (Fsp3) is 0.737. The highest BCUT2D eigenvalue weighted by Crippen LogP contribution is 2.30.